The number of anilines is 1. The maximum atomic E-state index is 14.1. The number of methoxy groups -OCH3 is 1. The third-order valence-electron chi connectivity index (χ3n) is 3.87. The van der Waals surface area contributed by atoms with Crippen LogP contribution in [0.25, 0.3) is 10.9 Å². The predicted octanol–water partition coefficient (Wildman–Crippen LogP) is 4.39. The Morgan fingerprint density at radius 1 is 1.24 bits per heavy atom. The maximum Gasteiger partial charge on any atom is 0.132 e. The average molecular weight is 409 g/mol. The van der Waals surface area contributed by atoms with Gasteiger partial charge in [0.1, 0.15) is 17.4 Å². The molecule has 2 N–H and O–H groups in total. The number of aliphatic hydroxyl groups excluding tert-OH is 1. The monoisotopic (exact) mass is 408 g/mol. The smallest absolute Gasteiger partial charge is 0.132 e. The summed E-state index contributed by atoms with van der Waals surface area (Å²) < 4.78 is 33.8. The van der Waals surface area contributed by atoms with E-state index in [2.05, 4.69) is 26.2 Å². The van der Waals surface area contributed by atoms with Crippen molar-refractivity contribution in [3.05, 3.63) is 63.8 Å². The largest absolute Gasteiger partial charge is 0.496 e. The first-order chi connectivity index (χ1) is 12.0. The van der Waals surface area contributed by atoms with Crippen molar-refractivity contribution in [2.45, 2.75) is 13.2 Å². The summed E-state index contributed by atoms with van der Waals surface area (Å²) in [6, 6.07) is 7.77. The van der Waals surface area contributed by atoms with E-state index in [-0.39, 0.29) is 18.7 Å². The fraction of sp³-hybridized carbons (Fsp3) is 0.167. The Balaban J connectivity index is 2.06. The van der Waals surface area contributed by atoms with Crippen molar-refractivity contribution in [2.24, 2.45) is 0 Å². The zero-order valence-corrected chi connectivity index (χ0v) is 14.9. The molecule has 2 aromatic carbocycles. The Kier molecular flexibility index (Phi) is 5.15. The second-order valence-corrected chi connectivity index (χ2v) is 6.29. The lowest BCUT2D eigenvalue weighted by Crippen LogP contribution is -2.08. The van der Waals surface area contributed by atoms with Gasteiger partial charge in [-0.05, 0) is 24.3 Å². The number of ether oxygens (including phenoxy) is 1. The van der Waals surface area contributed by atoms with Gasteiger partial charge in [0.25, 0.3) is 0 Å². The van der Waals surface area contributed by atoms with Crippen LogP contribution in [0.5, 0.6) is 5.75 Å². The van der Waals surface area contributed by atoms with Crippen molar-refractivity contribution in [1.82, 2.24) is 4.98 Å². The quantitative estimate of drug-likeness (QED) is 0.657. The molecule has 0 aliphatic carbocycles. The van der Waals surface area contributed by atoms with Gasteiger partial charge in [0.2, 0.25) is 0 Å². The van der Waals surface area contributed by atoms with E-state index in [9.17, 15) is 13.9 Å². The lowest BCUT2D eigenvalue weighted by atomic mass is 10.1. The minimum absolute atomic E-state index is 0.0882. The predicted molar refractivity (Wildman–Crippen MR) is 95.6 cm³/mol. The molecule has 3 aromatic rings. The lowest BCUT2D eigenvalue weighted by Gasteiger charge is -2.16. The molecule has 0 spiro atoms. The van der Waals surface area contributed by atoms with Gasteiger partial charge in [0, 0.05) is 28.3 Å². The van der Waals surface area contributed by atoms with Crippen LogP contribution in [0, 0.1) is 11.6 Å². The molecule has 1 heterocycles. The van der Waals surface area contributed by atoms with E-state index in [0.717, 1.165) is 0 Å². The highest BCUT2D eigenvalue weighted by molar-refractivity contribution is 9.10. The highest BCUT2D eigenvalue weighted by atomic mass is 79.9. The number of aliphatic hydroxyl groups is 1. The Bertz CT molecular complexity index is 911. The molecule has 0 saturated heterocycles. The number of nitrogens with one attached hydrogen (secondary N) is 1. The summed E-state index contributed by atoms with van der Waals surface area (Å²) >= 11 is 3.06. The molecule has 3 rings (SSSR count). The number of fused-ring (bicyclic) bond motifs is 1. The normalized spacial score (nSPS) is 10.9. The van der Waals surface area contributed by atoms with Gasteiger partial charge in [-0.1, -0.05) is 22.0 Å². The molecule has 0 saturated carbocycles. The first-order valence-corrected chi connectivity index (χ1v) is 8.27. The van der Waals surface area contributed by atoms with Gasteiger partial charge in [-0.3, -0.25) is 4.98 Å². The van der Waals surface area contributed by atoms with E-state index in [0.29, 0.717) is 32.4 Å². The van der Waals surface area contributed by atoms with Gasteiger partial charge in [0.15, 0.2) is 0 Å². The fourth-order valence-corrected chi connectivity index (χ4v) is 3.06. The third-order valence-corrected chi connectivity index (χ3v) is 4.33. The van der Waals surface area contributed by atoms with E-state index in [1.54, 1.807) is 18.2 Å². The van der Waals surface area contributed by atoms with Crippen LogP contribution in [0.1, 0.15) is 11.1 Å². The molecular weight excluding hydrogens is 394 g/mol. The molecule has 1 aromatic heterocycles. The number of halogens is 3. The van der Waals surface area contributed by atoms with Gasteiger partial charge in [0.05, 0.1) is 30.3 Å². The van der Waals surface area contributed by atoms with Crippen molar-refractivity contribution in [3.8, 4) is 5.75 Å². The maximum absolute atomic E-state index is 14.1. The second kappa shape index (κ2) is 7.33. The SMILES string of the molecule is COc1cccc2ncc(CO)c(NCc3c(F)cc(Br)cc3F)c12. The van der Waals surface area contributed by atoms with Crippen LogP contribution in [-0.4, -0.2) is 17.2 Å². The Morgan fingerprint density at radius 3 is 2.60 bits per heavy atom. The fourth-order valence-electron chi connectivity index (χ4n) is 2.66. The molecule has 4 nitrogen and oxygen atoms in total. The van der Waals surface area contributed by atoms with Crippen molar-refractivity contribution in [1.29, 1.82) is 0 Å². The number of hydrogen-bond acceptors (Lipinski definition) is 4. The molecule has 0 amide bonds. The standard InChI is InChI=1S/C18H15BrF2N2O2/c1-25-16-4-2-3-15-17(16)18(10(9-24)7-22-15)23-8-12-13(20)5-11(19)6-14(12)21/h2-7,24H,8-9H2,1H3,(H,22,23). The van der Waals surface area contributed by atoms with Crippen LogP contribution in [0.3, 0.4) is 0 Å². The van der Waals surface area contributed by atoms with Gasteiger partial charge >= 0.3 is 0 Å². The van der Waals surface area contributed by atoms with Crippen LogP contribution in [-0.2, 0) is 13.2 Å². The van der Waals surface area contributed by atoms with Crippen molar-refractivity contribution < 1.29 is 18.6 Å². The summed E-state index contributed by atoms with van der Waals surface area (Å²) in [5.74, 6) is -0.759. The Morgan fingerprint density at radius 2 is 1.96 bits per heavy atom. The minimum atomic E-state index is -0.657. The summed E-state index contributed by atoms with van der Waals surface area (Å²) in [6.45, 7) is -0.357. The van der Waals surface area contributed by atoms with E-state index in [1.165, 1.54) is 25.4 Å². The summed E-state index contributed by atoms with van der Waals surface area (Å²) in [4.78, 5) is 4.29. The van der Waals surface area contributed by atoms with E-state index in [4.69, 9.17) is 4.74 Å². The molecule has 0 bridgehead atoms. The summed E-state index contributed by atoms with van der Waals surface area (Å²) in [5, 5.41) is 13.3. The number of hydrogen-bond donors (Lipinski definition) is 2. The van der Waals surface area contributed by atoms with E-state index in [1.807, 2.05) is 0 Å². The number of pyridine rings is 1. The summed E-state index contributed by atoms with van der Waals surface area (Å²) in [5.41, 5.74) is 1.60. The van der Waals surface area contributed by atoms with Crippen LogP contribution in [0.4, 0.5) is 14.5 Å². The molecule has 0 fully saturated rings. The summed E-state index contributed by atoms with van der Waals surface area (Å²) in [6.07, 6.45) is 1.53. The number of aromatic nitrogens is 1. The van der Waals surface area contributed by atoms with Gasteiger partial charge < -0.3 is 15.2 Å². The molecule has 0 radical (unpaired) electrons. The van der Waals surface area contributed by atoms with Crippen LogP contribution in [0.15, 0.2) is 41.0 Å². The number of rotatable bonds is 5. The topological polar surface area (TPSA) is 54.4 Å². The summed E-state index contributed by atoms with van der Waals surface area (Å²) in [7, 11) is 1.53. The molecule has 0 atom stereocenters. The molecule has 0 aliphatic rings. The Hall–Kier alpha value is -2.25. The molecular formula is C18H15BrF2N2O2. The van der Waals surface area contributed by atoms with Gasteiger partial charge in [-0.15, -0.1) is 0 Å². The molecule has 7 heteroatoms. The first kappa shape index (κ1) is 17.6. The molecule has 25 heavy (non-hydrogen) atoms. The van der Waals surface area contributed by atoms with Crippen LogP contribution >= 0.6 is 15.9 Å². The first-order valence-electron chi connectivity index (χ1n) is 7.48. The van der Waals surface area contributed by atoms with Crippen LogP contribution < -0.4 is 10.1 Å². The lowest BCUT2D eigenvalue weighted by molar-refractivity contribution is 0.282. The second-order valence-electron chi connectivity index (χ2n) is 5.37. The molecule has 130 valence electrons. The highest BCUT2D eigenvalue weighted by Gasteiger charge is 2.15. The molecule has 0 unspecified atom stereocenters. The highest BCUT2D eigenvalue weighted by Crippen LogP contribution is 2.34. The average Bonchev–Trinajstić information content (AvgIpc) is 2.60. The van der Waals surface area contributed by atoms with E-state index >= 15 is 0 Å². The van der Waals surface area contributed by atoms with Crippen molar-refractivity contribution in [3.63, 3.8) is 0 Å². The van der Waals surface area contributed by atoms with Gasteiger partial charge in [-0.25, -0.2) is 8.78 Å². The minimum Gasteiger partial charge on any atom is -0.496 e. The van der Waals surface area contributed by atoms with Gasteiger partial charge in [-0.2, -0.15) is 0 Å². The zero-order valence-electron chi connectivity index (χ0n) is 13.3. The van der Waals surface area contributed by atoms with Crippen LogP contribution in [0.2, 0.25) is 0 Å². The Labute approximate surface area is 151 Å². The number of benzene rings is 2. The third kappa shape index (κ3) is 3.43. The van der Waals surface area contributed by atoms with Crippen molar-refractivity contribution in [2.75, 3.05) is 12.4 Å². The van der Waals surface area contributed by atoms with E-state index < -0.39 is 11.6 Å². The molecule has 0 aliphatic heterocycles. The number of nitrogens with zero attached hydrogens (tertiary/aromatic N) is 1. The van der Waals surface area contributed by atoms with Crippen molar-refractivity contribution >= 4 is 32.5 Å². The zero-order chi connectivity index (χ0) is 18.0.